The average molecular weight is 415 g/mol. The zero-order chi connectivity index (χ0) is 22.0. The van der Waals surface area contributed by atoms with Crippen LogP contribution in [0.25, 0.3) is 11.0 Å². The van der Waals surface area contributed by atoms with Crippen molar-refractivity contribution in [3.8, 4) is 11.5 Å². The molecule has 0 radical (unpaired) electrons. The second kappa shape index (κ2) is 8.10. The van der Waals surface area contributed by atoms with Gasteiger partial charge in [-0.05, 0) is 41.3 Å². The summed E-state index contributed by atoms with van der Waals surface area (Å²) in [4.78, 5) is 8.84. The molecule has 7 nitrogen and oxygen atoms in total. The van der Waals surface area contributed by atoms with Crippen LogP contribution in [0.1, 0.15) is 32.0 Å². The van der Waals surface area contributed by atoms with Gasteiger partial charge in [0.1, 0.15) is 11.5 Å². The zero-order valence-corrected chi connectivity index (χ0v) is 18.0. The van der Waals surface area contributed by atoms with E-state index in [4.69, 9.17) is 14.9 Å². The minimum Gasteiger partial charge on any atom is -0.457 e. The largest absolute Gasteiger partial charge is 0.457 e. The number of benzene rings is 2. The number of ether oxygens (including phenoxy) is 1. The summed E-state index contributed by atoms with van der Waals surface area (Å²) in [6.07, 6.45) is 2.85. The number of anilines is 2. The Morgan fingerprint density at radius 1 is 1.06 bits per heavy atom. The lowest BCUT2D eigenvalue weighted by molar-refractivity contribution is 0.321. The molecule has 0 saturated heterocycles. The molecule has 0 aliphatic heterocycles. The molecule has 158 valence electrons. The van der Waals surface area contributed by atoms with Gasteiger partial charge in [-0.3, -0.25) is 4.98 Å². The summed E-state index contributed by atoms with van der Waals surface area (Å²) >= 11 is 0. The Labute approximate surface area is 181 Å². The van der Waals surface area contributed by atoms with Crippen molar-refractivity contribution in [1.29, 1.82) is 0 Å². The van der Waals surface area contributed by atoms with E-state index in [1.807, 2.05) is 35.9 Å². The number of hydrogen-bond donors (Lipinski definition) is 2. The van der Waals surface area contributed by atoms with Gasteiger partial charge < -0.3 is 19.8 Å². The van der Waals surface area contributed by atoms with Gasteiger partial charge in [0.15, 0.2) is 0 Å². The van der Waals surface area contributed by atoms with Crippen molar-refractivity contribution in [2.24, 2.45) is 12.2 Å². The highest BCUT2D eigenvalue weighted by atomic mass is 16.5. The smallest absolute Gasteiger partial charge is 0.208 e. The lowest BCUT2D eigenvalue weighted by Crippen LogP contribution is -2.11. The molecule has 4 aromatic rings. The van der Waals surface area contributed by atoms with E-state index in [0.717, 1.165) is 22.7 Å². The van der Waals surface area contributed by atoms with E-state index in [9.17, 15) is 0 Å². The molecule has 2 aromatic carbocycles. The van der Waals surface area contributed by atoms with E-state index in [0.29, 0.717) is 17.2 Å². The summed E-state index contributed by atoms with van der Waals surface area (Å²) in [5, 5.41) is 15.1. The lowest BCUT2D eigenvalue weighted by atomic mass is 9.87. The molecule has 31 heavy (non-hydrogen) atoms. The number of nitrogens with zero attached hydrogens (tertiary/aromatic N) is 4. The van der Waals surface area contributed by atoms with Gasteiger partial charge in [-0.1, -0.05) is 38.1 Å². The molecule has 0 spiro atoms. The lowest BCUT2D eigenvalue weighted by Gasteiger charge is -2.20. The molecule has 2 aromatic heterocycles. The van der Waals surface area contributed by atoms with Crippen LogP contribution >= 0.6 is 0 Å². The van der Waals surface area contributed by atoms with Gasteiger partial charge in [0.2, 0.25) is 5.95 Å². The monoisotopic (exact) mass is 415 g/mol. The minimum atomic E-state index is 0.0755. The van der Waals surface area contributed by atoms with Crippen molar-refractivity contribution in [3.05, 3.63) is 72.1 Å². The minimum absolute atomic E-state index is 0.0755. The van der Waals surface area contributed by atoms with Gasteiger partial charge in [0.05, 0.1) is 22.9 Å². The molecular weight excluding hydrogens is 390 g/mol. The summed E-state index contributed by atoms with van der Waals surface area (Å²) in [7, 11) is 1.98. The summed E-state index contributed by atoms with van der Waals surface area (Å²) in [6, 6.07) is 17.6. The first-order valence-electron chi connectivity index (χ1n) is 9.99. The van der Waals surface area contributed by atoms with Crippen molar-refractivity contribution in [2.45, 2.75) is 26.2 Å². The first-order valence-corrected chi connectivity index (χ1v) is 9.99. The topological polar surface area (TPSA) is 84.6 Å². The van der Waals surface area contributed by atoms with Crippen molar-refractivity contribution < 1.29 is 9.94 Å². The Balaban J connectivity index is 1.60. The fourth-order valence-electron chi connectivity index (χ4n) is 3.30. The second-order valence-electron chi connectivity index (χ2n) is 8.36. The Hall–Kier alpha value is -3.87. The maximum Gasteiger partial charge on any atom is 0.208 e. The molecule has 2 N–H and O–H groups in total. The molecule has 4 rings (SSSR count). The number of pyridine rings is 1. The number of aryl methyl sites for hydroxylation is 1. The molecular formula is C24H25N5O2. The van der Waals surface area contributed by atoms with Crippen molar-refractivity contribution in [2.75, 3.05) is 5.32 Å². The molecule has 0 bridgehead atoms. The Morgan fingerprint density at radius 3 is 2.65 bits per heavy atom. The molecule has 0 aliphatic rings. The van der Waals surface area contributed by atoms with Crippen LogP contribution in [0, 0.1) is 0 Å². The van der Waals surface area contributed by atoms with E-state index < -0.39 is 0 Å². The van der Waals surface area contributed by atoms with Gasteiger partial charge in [0, 0.05) is 31.1 Å². The van der Waals surface area contributed by atoms with E-state index in [-0.39, 0.29) is 5.41 Å². The highest BCUT2D eigenvalue weighted by Gasteiger charge is 2.15. The van der Waals surface area contributed by atoms with Gasteiger partial charge in [-0.15, -0.1) is 0 Å². The fraction of sp³-hybridized carbons (Fsp3) is 0.208. The number of oxime groups is 1. The van der Waals surface area contributed by atoms with Gasteiger partial charge in [-0.25, -0.2) is 4.98 Å². The molecule has 0 saturated carbocycles. The van der Waals surface area contributed by atoms with Crippen molar-refractivity contribution in [1.82, 2.24) is 14.5 Å². The van der Waals surface area contributed by atoms with E-state index in [2.05, 4.69) is 54.4 Å². The van der Waals surface area contributed by atoms with Crippen LogP contribution in [0.15, 0.2) is 65.9 Å². The Morgan fingerprint density at radius 2 is 1.87 bits per heavy atom. The van der Waals surface area contributed by atoms with Gasteiger partial charge in [0.25, 0.3) is 0 Å². The highest BCUT2D eigenvalue weighted by molar-refractivity contribution is 5.81. The number of imidazole rings is 1. The predicted octanol–water partition coefficient (Wildman–Crippen LogP) is 5.61. The van der Waals surface area contributed by atoms with Crippen LogP contribution in [0.2, 0.25) is 0 Å². The number of nitrogens with one attached hydrogen (secondary N) is 1. The molecule has 0 amide bonds. The van der Waals surface area contributed by atoms with Crippen LogP contribution in [0.4, 0.5) is 11.6 Å². The first-order chi connectivity index (χ1) is 14.8. The summed E-state index contributed by atoms with van der Waals surface area (Å²) in [5.41, 5.74) is 4.65. The molecule has 2 heterocycles. The molecule has 0 atom stereocenters. The van der Waals surface area contributed by atoms with Crippen LogP contribution in [-0.2, 0) is 12.5 Å². The molecule has 7 heteroatoms. The third kappa shape index (κ3) is 4.50. The van der Waals surface area contributed by atoms with E-state index >= 15 is 0 Å². The fourth-order valence-corrected chi connectivity index (χ4v) is 3.30. The van der Waals surface area contributed by atoms with Crippen LogP contribution in [-0.4, -0.2) is 26.0 Å². The first kappa shape index (κ1) is 20.4. The third-order valence-electron chi connectivity index (χ3n) is 5.02. The van der Waals surface area contributed by atoms with Gasteiger partial charge in [-0.2, -0.15) is 0 Å². The molecule has 0 unspecified atom stereocenters. The van der Waals surface area contributed by atoms with Crippen molar-refractivity contribution >= 4 is 28.9 Å². The SMILES string of the molecule is Cn1c(Nc2cccc(C(C)(C)C)c2)nc2cc(Oc3ccnc(/C=N/O)c3)ccc21. The average Bonchev–Trinajstić information content (AvgIpc) is 3.03. The van der Waals surface area contributed by atoms with E-state index in [1.54, 1.807) is 18.3 Å². The van der Waals surface area contributed by atoms with Crippen molar-refractivity contribution in [3.63, 3.8) is 0 Å². The molecule has 0 aliphatic carbocycles. The van der Waals surface area contributed by atoms with Crippen LogP contribution in [0.3, 0.4) is 0 Å². The number of hydrogen-bond acceptors (Lipinski definition) is 6. The van der Waals surface area contributed by atoms with E-state index in [1.165, 1.54) is 11.8 Å². The predicted molar refractivity (Wildman–Crippen MR) is 123 cm³/mol. The van der Waals surface area contributed by atoms with Gasteiger partial charge >= 0.3 is 0 Å². The maximum absolute atomic E-state index is 8.68. The third-order valence-corrected chi connectivity index (χ3v) is 5.02. The van der Waals surface area contributed by atoms with Crippen LogP contribution < -0.4 is 10.1 Å². The van der Waals surface area contributed by atoms with Crippen LogP contribution in [0.5, 0.6) is 11.5 Å². The normalized spacial score (nSPS) is 11.9. The number of rotatable bonds is 5. The Bertz CT molecular complexity index is 1250. The second-order valence-corrected chi connectivity index (χ2v) is 8.36. The standard InChI is InChI=1S/C24H25N5O2/c1-24(2,3)16-6-5-7-17(12-16)27-23-28-21-14-19(8-9-22(21)29(23)4)31-20-10-11-25-18(13-20)15-26-30/h5-15,30H,1-4H3,(H,27,28)/b26-15+. The number of fused-ring (bicyclic) bond motifs is 1. The summed E-state index contributed by atoms with van der Waals surface area (Å²) in [5.74, 6) is 2.01. The molecule has 0 fully saturated rings. The summed E-state index contributed by atoms with van der Waals surface area (Å²) < 4.78 is 7.96. The zero-order valence-electron chi connectivity index (χ0n) is 18.0. The highest BCUT2D eigenvalue weighted by Crippen LogP contribution is 2.29. The quantitative estimate of drug-likeness (QED) is 0.251. The maximum atomic E-state index is 8.68. The summed E-state index contributed by atoms with van der Waals surface area (Å²) in [6.45, 7) is 6.60. The number of aromatic nitrogens is 3. The Kier molecular flexibility index (Phi) is 5.33.